The number of piperazine rings is 1. The van der Waals surface area contributed by atoms with Gasteiger partial charge in [-0.3, -0.25) is 14.5 Å². The maximum atomic E-state index is 12.9. The van der Waals surface area contributed by atoms with E-state index in [-0.39, 0.29) is 5.91 Å². The predicted molar refractivity (Wildman–Crippen MR) is 92.4 cm³/mol. The molecule has 0 saturated carbocycles. The van der Waals surface area contributed by atoms with E-state index in [4.69, 9.17) is 16.3 Å². The third-order valence-corrected chi connectivity index (χ3v) is 4.78. The number of amides is 2. The Hall–Kier alpha value is -1.79. The summed E-state index contributed by atoms with van der Waals surface area (Å²) in [6, 6.07) is 4.95. The zero-order valence-corrected chi connectivity index (χ0v) is 14.7. The third kappa shape index (κ3) is 3.08. The van der Waals surface area contributed by atoms with E-state index in [1.165, 1.54) is 6.92 Å². The van der Waals surface area contributed by atoms with Crippen molar-refractivity contribution in [2.24, 2.45) is 0 Å². The average Bonchev–Trinajstić information content (AvgIpc) is 2.57. The van der Waals surface area contributed by atoms with Crippen molar-refractivity contribution in [1.29, 1.82) is 0 Å². The topological polar surface area (TPSA) is 61.9 Å². The molecule has 0 spiro atoms. The molecular weight excluding hydrogens is 330 g/mol. The summed E-state index contributed by atoms with van der Waals surface area (Å²) in [6.45, 7) is 7.57. The first kappa shape index (κ1) is 17.0. The van der Waals surface area contributed by atoms with Gasteiger partial charge in [0.05, 0.1) is 5.69 Å². The SMILES string of the molecule is CCCN1CCN(C(=O)C2(C)Oc3ccc(Cl)cc3NC2=O)CC1. The Balaban J connectivity index is 1.75. The Morgan fingerprint density at radius 2 is 2.04 bits per heavy atom. The number of carbonyl (C=O) groups is 2. The molecule has 1 saturated heterocycles. The number of fused-ring (bicyclic) bond motifs is 1. The number of carbonyl (C=O) groups excluding carboxylic acids is 2. The molecule has 6 nitrogen and oxygen atoms in total. The highest BCUT2D eigenvalue weighted by Crippen LogP contribution is 2.36. The maximum Gasteiger partial charge on any atom is 0.278 e. The molecule has 1 unspecified atom stereocenters. The second-order valence-corrected chi connectivity index (χ2v) is 6.80. The van der Waals surface area contributed by atoms with Crippen LogP contribution >= 0.6 is 11.6 Å². The number of hydrogen-bond donors (Lipinski definition) is 1. The molecule has 0 radical (unpaired) electrons. The molecule has 2 heterocycles. The Morgan fingerprint density at radius 1 is 1.33 bits per heavy atom. The van der Waals surface area contributed by atoms with Crippen LogP contribution in [0.1, 0.15) is 20.3 Å². The van der Waals surface area contributed by atoms with E-state index in [0.29, 0.717) is 29.5 Å². The van der Waals surface area contributed by atoms with E-state index in [1.807, 2.05) is 0 Å². The van der Waals surface area contributed by atoms with Crippen LogP contribution in [0, 0.1) is 0 Å². The van der Waals surface area contributed by atoms with E-state index in [9.17, 15) is 9.59 Å². The van der Waals surface area contributed by atoms with Crippen molar-refractivity contribution in [3.8, 4) is 5.75 Å². The minimum atomic E-state index is -1.55. The zero-order chi connectivity index (χ0) is 17.3. The lowest BCUT2D eigenvalue weighted by atomic mass is 10.00. The Bertz CT molecular complexity index is 658. The Morgan fingerprint density at radius 3 is 2.71 bits per heavy atom. The molecule has 24 heavy (non-hydrogen) atoms. The van der Waals surface area contributed by atoms with Crippen molar-refractivity contribution in [3.63, 3.8) is 0 Å². The van der Waals surface area contributed by atoms with Gasteiger partial charge in [-0.15, -0.1) is 0 Å². The van der Waals surface area contributed by atoms with Crippen LogP contribution in [-0.2, 0) is 9.59 Å². The smallest absolute Gasteiger partial charge is 0.278 e. The molecule has 0 aliphatic carbocycles. The fourth-order valence-electron chi connectivity index (χ4n) is 3.13. The molecule has 1 aromatic carbocycles. The van der Waals surface area contributed by atoms with Crippen molar-refractivity contribution >= 4 is 29.1 Å². The van der Waals surface area contributed by atoms with Crippen molar-refractivity contribution in [1.82, 2.24) is 9.80 Å². The lowest BCUT2D eigenvalue weighted by molar-refractivity contribution is -0.155. The van der Waals surface area contributed by atoms with Crippen LogP contribution in [-0.4, -0.2) is 59.9 Å². The number of hydrogen-bond acceptors (Lipinski definition) is 4. The van der Waals surface area contributed by atoms with Crippen LogP contribution in [0.4, 0.5) is 5.69 Å². The lowest BCUT2D eigenvalue weighted by Crippen LogP contribution is -2.62. The maximum absolute atomic E-state index is 12.9. The molecule has 130 valence electrons. The molecule has 7 heteroatoms. The molecule has 2 aliphatic heterocycles. The fourth-order valence-corrected chi connectivity index (χ4v) is 3.30. The van der Waals surface area contributed by atoms with Gasteiger partial charge >= 0.3 is 0 Å². The van der Waals surface area contributed by atoms with Crippen LogP contribution in [0.25, 0.3) is 0 Å². The number of nitrogens with zero attached hydrogens (tertiary/aromatic N) is 2. The molecule has 0 bridgehead atoms. The van der Waals surface area contributed by atoms with Gasteiger partial charge in [-0.1, -0.05) is 18.5 Å². The molecule has 2 amide bonds. The summed E-state index contributed by atoms with van der Waals surface area (Å²) in [5.41, 5.74) is -1.06. The number of ether oxygens (including phenoxy) is 1. The Kier molecular flexibility index (Phi) is 4.69. The minimum Gasteiger partial charge on any atom is -0.466 e. The number of anilines is 1. The number of halogens is 1. The highest BCUT2D eigenvalue weighted by molar-refractivity contribution is 6.31. The van der Waals surface area contributed by atoms with Gasteiger partial charge in [0.1, 0.15) is 5.75 Å². The van der Waals surface area contributed by atoms with Crippen LogP contribution in [0.2, 0.25) is 5.02 Å². The van der Waals surface area contributed by atoms with Gasteiger partial charge in [0.25, 0.3) is 17.4 Å². The largest absolute Gasteiger partial charge is 0.466 e. The number of nitrogens with one attached hydrogen (secondary N) is 1. The van der Waals surface area contributed by atoms with Gasteiger partial charge in [-0.05, 0) is 38.1 Å². The van der Waals surface area contributed by atoms with Crippen molar-refractivity contribution in [2.75, 3.05) is 38.0 Å². The minimum absolute atomic E-state index is 0.295. The van der Waals surface area contributed by atoms with E-state index in [0.717, 1.165) is 26.1 Å². The highest BCUT2D eigenvalue weighted by atomic mass is 35.5. The van der Waals surface area contributed by atoms with Crippen LogP contribution in [0.5, 0.6) is 5.75 Å². The summed E-state index contributed by atoms with van der Waals surface area (Å²) in [5.74, 6) is -0.297. The zero-order valence-electron chi connectivity index (χ0n) is 14.0. The first-order chi connectivity index (χ1) is 11.4. The summed E-state index contributed by atoms with van der Waals surface area (Å²) >= 11 is 5.93. The summed E-state index contributed by atoms with van der Waals surface area (Å²) in [7, 11) is 0. The van der Waals surface area contributed by atoms with Crippen LogP contribution < -0.4 is 10.1 Å². The van der Waals surface area contributed by atoms with E-state index in [2.05, 4.69) is 17.1 Å². The van der Waals surface area contributed by atoms with Gasteiger partial charge in [-0.25, -0.2) is 0 Å². The van der Waals surface area contributed by atoms with Crippen molar-refractivity contribution < 1.29 is 14.3 Å². The Labute approximate surface area is 146 Å². The quantitative estimate of drug-likeness (QED) is 0.846. The van der Waals surface area contributed by atoms with Crippen molar-refractivity contribution in [2.45, 2.75) is 25.9 Å². The standard InChI is InChI=1S/C17H22ClN3O3/c1-3-6-20-7-9-21(10-8-20)16(23)17(2)15(22)19-13-11-12(18)4-5-14(13)24-17/h4-5,11H,3,6-10H2,1-2H3,(H,19,22). The van der Waals surface area contributed by atoms with Crippen molar-refractivity contribution in [3.05, 3.63) is 23.2 Å². The molecule has 1 fully saturated rings. The molecular formula is C17H22ClN3O3. The first-order valence-electron chi connectivity index (χ1n) is 8.26. The average molecular weight is 352 g/mol. The molecule has 1 N–H and O–H groups in total. The normalized spacial score (nSPS) is 24.1. The lowest BCUT2D eigenvalue weighted by Gasteiger charge is -2.40. The summed E-state index contributed by atoms with van der Waals surface area (Å²) < 4.78 is 5.80. The molecule has 1 atom stereocenters. The number of benzene rings is 1. The molecule has 0 aromatic heterocycles. The predicted octanol–water partition coefficient (Wildman–Crippen LogP) is 1.98. The summed E-state index contributed by atoms with van der Waals surface area (Å²) in [4.78, 5) is 29.5. The molecule has 3 rings (SSSR count). The van der Waals surface area contributed by atoms with E-state index < -0.39 is 11.5 Å². The molecule has 1 aromatic rings. The summed E-state index contributed by atoms with van der Waals surface area (Å²) in [5, 5.41) is 3.23. The number of rotatable bonds is 3. The van der Waals surface area contributed by atoms with Crippen LogP contribution in [0.15, 0.2) is 18.2 Å². The third-order valence-electron chi connectivity index (χ3n) is 4.54. The van der Waals surface area contributed by atoms with Gasteiger partial charge in [0, 0.05) is 31.2 Å². The van der Waals surface area contributed by atoms with Gasteiger partial charge in [0.15, 0.2) is 0 Å². The van der Waals surface area contributed by atoms with Gasteiger partial charge in [0.2, 0.25) is 0 Å². The second-order valence-electron chi connectivity index (χ2n) is 6.36. The second kappa shape index (κ2) is 6.61. The monoisotopic (exact) mass is 351 g/mol. The first-order valence-corrected chi connectivity index (χ1v) is 8.63. The van der Waals surface area contributed by atoms with E-state index >= 15 is 0 Å². The summed E-state index contributed by atoms with van der Waals surface area (Å²) in [6.07, 6.45) is 1.09. The molecule has 2 aliphatic rings. The van der Waals surface area contributed by atoms with Gasteiger partial charge in [-0.2, -0.15) is 0 Å². The highest BCUT2D eigenvalue weighted by Gasteiger charge is 2.49. The van der Waals surface area contributed by atoms with E-state index in [1.54, 1.807) is 23.1 Å². The van der Waals surface area contributed by atoms with Crippen LogP contribution in [0.3, 0.4) is 0 Å². The fraction of sp³-hybridized carbons (Fsp3) is 0.529. The van der Waals surface area contributed by atoms with Gasteiger partial charge < -0.3 is 15.0 Å².